The lowest BCUT2D eigenvalue weighted by Gasteiger charge is -2.23. The number of amides is 1. The number of benzene rings is 3. The molecule has 172 valence electrons. The van der Waals surface area contributed by atoms with Crippen LogP contribution in [0.15, 0.2) is 83.8 Å². The van der Waals surface area contributed by atoms with Crippen LogP contribution >= 0.6 is 24.0 Å². The summed E-state index contributed by atoms with van der Waals surface area (Å²) in [6.45, 7) is 2.51. The molecule has 1 N–H and O–H groups in total. The molecule has 1 atom stereocenters. The van der Waals surface area contributed by atoms with Crippen LogP contribution in [-0.4, -0.2) is 32.2 Å². The van der Waals surface area contributed by atoms with E-state index in [1.165, 1.54) is 10.5 Å². The first-order valence-corrected chi connectivity index (χ1v) is 12.0. The van der Waals surface area contributed by atoms with Gasteiger partial charge in [0.1, 0.15) is 22.7 Å². The van der Waals surface area contributed by atoms with Crippen LogP contribution in [0.3, 0.4) is 0 Å². The van der Waals surface area contributed by atoms with Gasteiger partial charge in [-0.3, -0.25) is 9.69 Å². The molecule has 0 unspecified atom stereocenters. The lowest BCUT2D eigenvalue weighted by Crippen LogP contribution is -2.45. The number of carbonyl (C=O) groups is 2. The van der Waals surface area contributed by atoms with E-state index in [9.17, 15) is 14.7 Å². The number of nitrogens with zero attached hydrogens (tertiary/aromatic N) is 1. The zero-order chi connectivity index (χ0) is 24.1. The highest BCUT2D eigenvalue weighted by atomic mass is 32.2. The van der Waals surface area contributed by atoms with Crippen LogP contribution in [0.1, 0.15) is 22.3 Å². The first-order chi connectivity index (χ1) is 16.4. The van der Waals surface area contributed by atoms with Crippen LogP contribution in [0.5, 0.6) is 5.75 Å². The monoisotopic (exact) mass is 489 g/mol. The third-order valence-corrected chi connectivity index (χ3v) is 6.73. The van der Waals surface area contributed by atoms with Gasteiger partial charge in [-0.1, -0.05) is 96.3 Å². The first kappa shape index (κ1) is 23.7. The highest BCUT2D eigenvalue weighted by molar-refractivity contribution is 8.26. The van der Waals surface area contributed by atoms with Crippen molar-refractivity contribution < 1.29 is 19.4 Å². The van der Waals surface area contributed by atoms with Gasteiger partial charge < -0.3 is 9.84 Å². The maximum atomic E-state index is 13.1. The van der Waals surface area contributed by atoms with E-state index in [2.05, 4.69) is 0 Å². The molecule has 1 heterocycles. The number of carboxylic acids is 1. The Balaban J connectivity index is 1.44. The first-order valence-electron chi connectivity index (χ1n) is 10.7. The topological polar surface area (TPSA) is 66.8 Å². The molecule has 7 heteroatoms. The summed E-state index contributed by atoms with van der Waals surface area (Å²) < 4.78 is 6.09. The predicted octanol–water partition coefficient (Wildman–Crippen LogP) is 5.47. The van der Waals surface area contributed by atoms with Crippen molar-refractivity contribution in [3.05, 3.63) is 106 Å². The molecule has 0 bridgehead atoms. The summed E-state index contributed by atoms with van der Waals surface area (Å²) in [5, 5.41) is 9.79. The molecular weight excluding hydrogens is 466 g/mol. The Morgan fingerprint density at radius 3 is 2.35 bits per heavy atom. The van der Waals surface area contributed by atoms with Crippen LogP contribution in [0, 0.1) is 6.92 Å². The van der Waals surface area contributed by atoms with Gasteiger partial charge in [0.2, 0.25) is 0 Å². The van der Waals surface area contributed by atoms with Crippen molar-refractivity contribution in [2.24, 2.45) is 0 Å². The zero-order valence-corrected chi connectivity index (χ0v) is 20.1. The molecule has 1 aliphatic heterocycles. The number of aliphatic carboxylic acids is 1. The van der Waals surface area contributed by atoms with Crippen LogP contribution in [0.25, 0.3) is 6.08 Å². The maximum absolute atomic E-state index is 13.1. The number of thiocarbonyl (C=S) groups is 1. The van der Waals surface area contributed by atoms with E-state index in [0.717, 1.165) is 34.2 Å². The number of hydrogen-bond acceptors (Lipinski definition) is 5. The Kier molecular flexibility index (Phi) is 7.45. The van der Waals surface area contributed by atoms with Crippen LogP contribution < -0.4 is 4.74 Å². The van der Waals surface area contributed by atoms with E-state index in [0.29, 0.717) is 11.5 Å². The molecule has 0 saturated carbocycles. The Morgan fingerprint density at radius 1 is 1.03 bits per heavy atom. The molecule has 4 rings (SSSR count). The fourth-order valence-corrected chi connectivity index (χ4v) is 4.89. The molecule has 34 heavy (non-hydrogen) atoms. The Hall–Kier alpha value is -3.42. The molecule has 0 aromatic heterocycles. The fourth-order valence-electron chi connectivity index (χ4n) is 3.54. The average molecular weight is 490 g/mol. The minimum absolute atomic E-state index is 0.183. The van der Waals surface area contributed by atoms with Crippen LogP contribution in [0.4, 0.5) is 0 Å². The molecule has 5 nitrogen and oxygen atoms in total. The van der Waals surface area contributed by atoms with Gasteiger partial charge in [-0.15, -0.1) is 0 Å². The summed E-state index contributed by atoms with van der Waals surface area (Å²) in [5.74, 6) is -0.756. The van der Waals surface area contributed by atoms with Gasteiger partial charge in [-0.2, -0.15) is 0 Å². The van der Waals surface area contributed by atoms with E-state index in [1.807, 2.05) is 85.8 Å². The van der Waals surface area contributed by atoms with Crippen molar-refractivity contribution in [1.82, 2.24) is 4.90 Å². The van der Waals surface area contributed by atoms with Crippen LogP contribution in [0.2, 0.25) is 0 Å². The predicted molar refractivity (Wildman–Crippen MR) is 139 cm³/mol. The Bertz CT molecular complexity index is 1220. The second-order valence-electron chi connectivity index (χ2n) is 7.94. The van der Waals surface area contributed by atoms with Gasteiger partial charge in [0.05, 0.1) is 4.91 Å². The van der Waals surface area contributed by atoms with Gasteiger partial charge in [-0.25, -0.2) is 4.79 Å². The number of aryl methyl sites for hydroxylation is 1. The van der Waals surface area contributed by atoms with Gasteiger partial charge in [0.15, 0.2) is 0 Å². The number of rotatable bonds is 8. The van der Waals surface area contributed by atoms with Gasteiger partial charge in [0.25, 0.3) is 5.91 Å². The lowest BCUT2D eigenvalue weighted by molar-refractivity contribution is -0.145. The molecule has 3 aromatic carbocycles. The fraction of sp³-hybridized carbons (Fsp3) is 0.148. The SMILES string of the molecule is Cc1ccc(COc2ccc(/C=C3\SC(=S)N([C@@H](Cc4ccccc4)C(=O)O)C3=O)cc2)cc1. The average Bonchev–Trinajstić information content (AvgIpc) is 3.11. The summed E-state index contributed by atoms with van der Waals surface area (Å²) in [4.78, 5) is 26.6. The van der Waals surface area contributed by atoms with E-state index < -0.39 is 17.9 Å². The quantitative estimate of drug-likeness (QED) is 0.334. The van der Waals surface area contributed by atoms with E-state index in [4.69, 9.17) is 17.0 Å². The van der Waals surface area contributed by atoms with Crippen molar-refractivity contribution in [3.8, 4) is 5.75 Å². The molecule has 1 saturated heterocycles. The van der Waals surface area contributed by atoms with Gasteiger partial charge in [-0.05, 0) is 41.8 Å². The third-order valence-electron chi connectivity index (χ3n) is 5.40. The summed E-state index contributed by atoms with van der Waals surface area (Å²) in [5.41, 5.74) is 3.92. The van der Waals surface area contributed by atoms with Crippen molar-refractivity contribution in [2.45, 2.75) is 26.0 Å². The number of thioether (sulfide) groups is 1. The Labute approximate surface area is 208 Å². The number of carboxylic acid groups (broad SMARTS) is 1. The molecule has 0 aliphatic carbocycles. The highest BCUT2D eigenvalue weighted by Gasteiger charge is 2.40. The lowest BCUT2D eigenvalue weighted by atomic mass is 10.0. The van der Waals surface area contributed by atoms with Crippen molar-refractivity contribution in [2.75, 3.05) is 0 Å². The normalized spacial score (nSPS) is 15.6. The van der Waals surface area contributed by atoms with Gasteiger partial charge >= 0.3 is 5.97 Å². The van der Waals surface area contributed by atoms with E-state index >= 15 is 0 Å². The molecule has 0 radical (unpaired) electrons. The van der Waals surface area contributed by atoms with Crippen molar-refractivity contribution in [3.63, 3.8) is 0 Å². The molecule has 1 amide bonds. The summed E-state index contributed by atoms with van der Waals surface area (Å²) >= 11 is 6.50. The minimum Gasteiger partial charge on any atom is -0.489 e. The maximum Gasteiger partial charge on any atom is 0.327 e. The molecule has 3 aromatic rings. The summed E-state index contributed by atoms with van der Waals surface area (Å²) in [6, 6.07) is 23.7. The van der Waals surface area contributed by atoms with E-state index in [-0.39, 0.29) is 10.7 Å². The molecular formula is C27H23NO4S2. The minimum atomic E-state index is -1.09. The standard InChI is InChI=1S/C27H23NO4S2/c1-18-7-9-21(10-8-18)17-32-22-13-11-20(12-14-22)16-24-25(29)28(27(33)34-24)23(26(30)31)15-19-5-3-2-4-6-19/h2-14,16,23H,15,17H2,1H3,(H,30,31)/b24-16-/t23-/m0/s1. The summed E-state index contributed by atoms with van der Waals surface area (Å²) in [6.07, 6.45) is 1.91. The third kappa shape index (κ3) is 5.73. The second-order valence-corrected chi connectivity index (χ2v) is 9.61. The number of hydrogen-bond donors (Lipinski definition) is 1. The van der Waals surface area contributed by atoms with Crippen molar-refractivity contribution in [1.29, 1.82) is 0 Å². The number of carbonyl (C=O) groups excluding carboxylic acids is 1. The van der Waals surface area contributed by atoms with Gasteiger partial charge in [0, 0.05) is 6.42 Å². The largest absolute Gasteiger partial charge is 0.489 e. The Morgan fingerprint density at radius 2 is 1.71 bits per heavy atom. The molecule has 1 fully saturated rings. The second kappa shape index (κ2) is 10.7. The molecule has 1 aliphatic rings. The van der Waals surface area contributed by atoms with Crippen LogP contribution in [-0.2, 0) is 22.6 Å². The van der Waals surface area contributed by atoms with Crippen molar-refractivity contribution >= 4 is 46.3 Å². The highest BCUT2D eigenvalue weighted by Crippen LogP contribution is 2.35. The van der Waals surface area contributed by atoms with E-state index in [1.54, 1.807) is 6.08 Å². The zero-order valence-electron chi connectivity index (χ0n) is 18.5. The summed E-state index contributed by atoms with van der Waals surface area (Å²) in [7, 11) is 0. The number of ether oxygens (including phenoxy) is 1. The molecule has 0 spiro atoms. The smallest absolute Gasteiger partial charge is 0.327 e.